The van der Waals surface area contributed by atoms with E-state index in [4.69, 9.17) is 11.6 Å². The minimum atomic E-state index is -0.456. The summed E-state index contributed by atoms with van der Waals surface area (Å²) in [6, 6.07) is 0. The summed E-state index contributed by atoms with van der Waals surface area (Å²) in [6.07, 6.45) is 0. The van der Waals surface area contributed by atoms with Crippen molar-refractivity contribution in [2.24, 2.45) is 5.41 Å². The van der Waals surface area contributed by atoms with Crippen LogP contribution in [0.4, 0.5) is 0 Å². The van der Waals surface area contributed by atoms with Gasteiger partial charge >= 0.3 is 5.69 Å². The van der Waals surface area contributed by atoms with Gasteiger partial charge in [0.15, 0.2) is 0 Å². The van der Waals surface area contributed by atoms with E-state index in [1.54, 1.807) is 6.92 Å². The van der Waals surface area contributed by atoms with Crippen LogP contribution in [-0.2, 0) is 6.54 Å². The Kier molecular flexibility index (Phi) is 4.40. The molecule has 0 spiro atoms. The lowest BCUT2D eigenvalue weighted by Crippen LogP contribution is -2.43. The first kappa shape index (κ1) is 15.0. The minimum Gasteiger partial charge on any atom is -0.309 e. The van der Waals surface area contributed by atoms with Gasteiger partial charge in [-0.25, -0.2) is 4.79 Å². The van der Waals surface area contributed by atoms with Crippen molar-refractivity contribution < 1.29 is 0 Å². The molecule has 1 aromatic heterocycles. The molecule has 1 heterocycles. The lowest BCUT2D eigenvalue weighted by atomic mass is 9.93. The Hall–Kier alpha value is -1.07. The minimum absolute atomic E-state index is 0.117. The molecule has 1 aromatic rings. The van der Waals surface area contributed by atoms with Crippen molar-refractivity contribution in [3.05, 3.63) is 31.6 Å². The molecule has 0 aromatic carbocycles. The molecule has 0 unspecified atom stereocenters. The van der Waals surface area contributed by atoms with Gasteiger partial charge in [0.1, 0.15) is 5.15 Å². The van der Waals surface area contributed by atoms with Gasteiger partial charge in [-0.2, -0.15) is 0 Å². The molecule has 1 N–H and O–H groups in total. The zero-order valence-electron chi connectivity index (χ0n) is 11.5. The molecule has 102 valence electrons. The van der Waals surface area contributed by atoms with Gasteiger partial charge in [-0.15, -0.1) is 0 Å². The highest BCUT2D eigenvalue weighted by Gasteiger charge is 2.22. The van der Waals surface area contributed by atoms with E-state index >= 15 is 0 Å². The first-order valence-corrected chi connectivity index (χ1v) is 6.16. The fraction of sp³-hybridized carbons (Fsp3) is 0.667. The van der Waals surface area contributed by atoms with Gasteiger partial charge in [-0.1, -0.05) is 25.4 Å². The lowest BCUT2D eigenvalue weighted by molar-refractivity contribution is 0.206. The van der Waals surface area contributed by atoms with Crippen LogP contribution in [-0.4, -0.2) is 35.1 Å². The number of aromatic nitrogens is 2. The molecule has 0 amide bonds. The Morgan fingerprint density at radius 2 is 1.89 bits per heavy atom. The summed E-state index contributed by atoms with van der Waals surface area (Å²) in [5, 5.41) is 0.117. The fourth-order valence-corrected chi connectivity index (χ4v) is 2.28. The fourth-order valence-electron chi connectivity index (χ4n) is 2.12. The molecule has 0 aliphatic carbocycles. The Morgan fingerprint density at radius 1 is 1.33 bits per heavy atom. The summed E-state index contributed by atoms with van der Waals surface area (Å²) in [6.45, 7) is 6.78. The van der Waals surface area contributed by atoms with E-state index in [0.29, 0.717) is 12.1 Å². The third-order valence-corrected chi connectivity index (χ3v) is 3.07. The molecule has 0 aliphatic heterocycles. The first-order valence-electron chi connectivity index (χ1n) is 5.78. The number of rotatable bonds is 4. The number of halogens is 1. The maximum Gasteiger partial charge on any atom is 0.329 e. The molecule has 0 saturated carbocycles. The molecular weight excluding hydrogens is 254 g/mol. The van der Waals surface area contributed by atoms with Crippen LogP contribution < -0.4 is 11.2 Å². The molecule has 0 saturated heterocycles. The zero-order valence-corrected chi connectivity index (χ0v) is 12.3. The number of H-pyrrole nitrogens is 1. The SMILES string of the molecule is Cc1c(Cl)[nH]c(=O)n(CC(C)(C)CN(C)C)c1=O. The van der Waals surface area contributed by atoms with Crippen LogP contribution in [0.25, 0.3) is 0 Å². The highest BCUT2D eigenvalue weighted by atomic mass is 35.5. The van der Waals surface area contributed by atoms with Crippen LogP contribution in [0.3, 0.4) is 0 Å². The van der Waals surface area contributed by atoms with Crippen molar-refractivity contribution in [3.63, 3.8) is 0 Å². The molecule has 0 fully saturated rings. The van der Waals surface area contributed by atoms with E-state index in [-0.39, 0.29) is 16.1 Å². The Balaban J connectivity index is 3.17. The monoisotopic (exact) mass is 273 g/mol. The normalized spacial score (nSPS) is 12.2. The number of hydrogen-bond acceptors (Lipinski definition) is 3. The number of hydrogen-bond donors (Lipinski definition) is 1. The van der Waals surface area contributed by atoms with E-state index < -0.39 is 5.69 Å². The largest absolute Gasteiger partial charge is 0.329 e. The van der Waals surface area contributed by atoms with Gasteiger partial charge < -0.3 is 4.90 Å². The smallest absolute Gasteiger partial charge is 0.309 e. The van der Waals surface area contributed by atoms with E-state index in [0.717, 1.165) is 6.54 Å². The summed E-state index contributed by atoms with van der Waals surface area (Å²) in [7, 11) is 3.92. The molecule has 5 nitrogen and oxygen atoms in total. The van der Waals surface area contributed by atoms with Crippen LogP contribution >= 0.6 is 11.6 Å². The van der Waals surface area contributed by atoms with Gasteiger partial charge in [0.25, 0.3) is 5.56 Å². The maximum absolute atomic E-state index is 12.0. The summed E-state index contributed by atoms with van der Waals surface area (Å²) in [5.41, 5.74) is -0.587. The van der Waals surface area contributed by atoms with Gasteiger partial charge in [0.05, 0.1) is 0 Å². The molecule has 6 heteroatoms. The third-order valence-electron chi connectivity index (χ3n) is 2.69. The maximum atomic E-state index is 12.0. The summed E-state index contributed by atoms with van der Waals surface area (Å²) in [4.78, 5) is 28.3. The summed E-state index contributed by atoms with van der Waals surface area (Å²) < 4.78 is 1.21. The molecule has 0 aliphatic rings. The Labute approximate surface area is 111 Å². The van der Waals surface area contributed by atoms with Gasteiger partial charge in [-0.05, 0) is 26.4 Å². The van der Waals surface area contributed by atoms with Crippen molar-refractivity contribution in [1.82, 2.24) is 14.5 Å². The molecule has 18 heavy (non-hydrogen) atoms. The van der Waals surface area contributed by atoms with E-state index in [2.05, 4.69) is 4.98 Å². The predicted molar refractivity (Wildman–Crippen MR) is 73.4 cm³/mol. The zero-order chi connectivity index (χ0) is 14.1. The molecule has 0 bridgehead atoms. The van der Waals surface area contributed by atoms with Crippen LogP contribution in [0.5, 0.6) is 0 Å². The van der Waals surface area contributed by atoms with Crippen molar-refractivity contribution in [1.29, 1.82) is 0 Å². The van der Waals surface area contributed by atoms with E-state index in [1.165, 1.54) is 4.57 Å². The van der Waals surface area contributed by atoms with Crippen LogP contribution in [0.1, 0.15) is 19.4 Å². The van der Waals surface area contributed by atoms with Gasteiger partial charge in [0.2, 0.25) is 0 Å². The van der Waals surface area contributed by atoms with Crippen LogP contribution in [0, 0.1) is 12.3 Å². The van der Waals surface area contributed by atoms with E-state index in [1.807, 2.05) is 32.8 Å². The Bertz CT molecular complexity index is 543. The molecule has 1 rings (SSSR count). The first-order chi connectivity index (χ1) is 8.14. The van der Waals surface area contributed by atoms with Crippen molar-refractivity contribution >= 4 is 11.6 Å². The van der Waals surface area contributed by atoms with Gasteiger partial charge in [-0.3, -0.25) is 14.3 Å². The number of aromatic amines is 1. The topological polar surface area (TPSA) is 58.1 Å². The van der Waals surface area contributed by atoms with Crippen molar-refractivity contribution in [3.8, 4) is 0 Å². The Morgan fingerprint density at radius 3 is 2.39 bits per heavy atom. The average molecular weight is 274 g/mol. The second-order valence-corrected chi connectivity index (χ2v) is 6.04. The highest BCUT2D eigenvalue weighted by Crippen LogP contribution is 2.17. The van der Waals surface area contributed by atoms with Crippen LogP contribution in [0.15, 0.2) is 9.59 Å². The second-order valence-electron chi connectivity index (χ2n) is 5.66. The lowest BCUT2D eigenvalue weighted by Gasteiger charge is -2.28. The van der Waals surface area contributed by atoms with Crippen molar-refractivity contribution in [2.45, 2.75) is 27.3 Å². The summed E-state index contributed by atoms with van der Waals surface area (Å²) in [5.74, 6) is 0. The van der Waals surface area contributed by atoms with Crippen LogP contribution in [0.2, 0.25) is 5.15 Å². The average Bonchev–Trinajstić information content (AvgIpc) is 2.19. The van der Waals surface area contributed by atoms with Crippen molar-refractivity contribution in [2.75, 3.05) is 20.6 Å². The third kappa shape index (κ3) is 3.46. The number of nitrogens with one attached hydrogen (secondary N) is 1. The molecule has 0 atom stereocenters. The number of nitrogens with zero attached hydrogens (tertiary/aromatic N) is 2. The predicted octanol–water partition coefficient (Wildman–Crippen LogP) is 1.09. The molecule has 0 radical (unpaired) electrons. The standard InChI is InChI=1S/C12H20ClN3O2/c1-8-9(13)14-11(18)16(10(8)17)7-12(2,3)6-15(4)5/h6-7H2,1-5H3,(H,14,18). The van der Waals surface area contributed by atoms with E-state index in [9.17, 15) is 9.59 Å². The van der Waals surface area contributed by atoms with Gasteiger partial charge in [0, 0.05) is 18.7 Å². The quantitative estimate of drug-likeness (QED) is 0.836. The molecular formula is C12H20ClN3O2. The summed E-state index contributed by atoms with van der Waals surface area (Å²) >= 11 is 5.77. The second kappa shape index (κ2) is 5.28. The highest BCUT2D eigenvalue weighted by molar-refractivity contribution is 6.30.